The van der Waals surface area contributed by atoms with E-state index in [2.05, 4.69) is 4.18 Å². The highest BCUT2D eigenvalue weighted by molar-refractivity contribution is 7.85. The molecule has 0 radical (unpaired) electrons. The first-order valence-electron chi connectivity index (χ1n) is 9.27. The van der Waals surface area contributed by atoms with Crippen LogP contribution in [-0.2, 0) is 30.4 Å². The van der Waals surface area contributed by atoms with Gasteiger partial charge in [-0.2, -0.15) is 8.42 Å². The standard InChI is InChI=1S/C19H27NO6S/c1-27(22,23)26-12-11-24-17-13-19(14-17)7-9-20(10-8-19)18(21)25-15-16-5-3-2-4-6-16/h2-6,17H,7-15H2,1H3. The molecule has 0 bridgehead atoms. The maximum Gasteiger partial charge on any atom is 0.410 e. The minimum absolute atomic E-state index is 0.0589. The lowest BCUT2D eigenvalue weighted by Gasteiger charge is -2.51. The third-order valence-corrected chi connectivity index (χ3v) is 5.94. The average Bonchev–Trinajstić information content (AvgIpc) is 2.62. The molecule has 2 fully saturated rings. The average molecular weight is 397 g/mol. The third kappa shape index (κ3) is 5.92. The van der Waals surface area contributed by atoms with E-state index in [1.165, 1.54) is 0 Å². The Bertz CT molecular complexity index is 720. The number of hydrogen-bond donors (Lipinski definition) is 0. The Kier molecular flexibility index (Phi) is 6.39. The van der Waals surface area contributed by atoms with Gasteiger partial charge in [-0.05, 0) is 36.7 Å². The second-order valence-electron chi connectivity index (χ2n) is 7.45. The number of hydrogen-bond acceptors (Lipinski definition) is 6. The molecule has 1 aliphatic heterocycles. The van der Waals surface area contributed by atoms with Gasteiger partial charge in [0.05, 0.1) is 25.6 Å². The van der Waals surface area contributed by atoms with E-state index in [4.69, 9.17) is 9.47 Å². The second-order valence-corrected chi connectivity index (χ2v) is 9.10. The van der Waals surface area contributed by atoms with Gasteiger partial charge in [0.15, 0.2) is 0 Å². The van der Waals surface area contributed by atoms with Gasteiger partial charge in [0.25, 0.3) is 10.1 Å². The van der Waals surface area contributed by atoms with Crippen LogP contribution in [0.25, 0.3) is 0 Å². The highest BCUT2D eigenvalue weighted by Gasteiger charge is 2.47. The molecule has 8 heteroatoms. The molecule has 1 spiro atoms. The van der Waals surface area contributed by atoms with Gasteiger partial charge in [-0.15, -0.1) is 0 Å². The van der Waals surface area contributed by atoms with Crippen LogP contribution in [0.5, 0.6) is 0 Å². The molecule has 1 saturated carbocycles. The summed E-state index contributed by atoms with van der Waals surface area (Å²) in [5, 5.41) is 0. The smallest absolute Gasteiger partial charge is 0.410 e. The van der Waals surface area contributed by atoms with Crippen molar-refractivity contribution in [2.75, 3.05) is 32.6 Å². The van der Waals surface area contributed by atoms with Gasteiger partial charge in [-0.25, -0.2) is 4.79 Å². The summed E-state index contributed by atoms with van der Waals surface area (Å²) in [6.45, 7) is 2.05. The van der Waals surface area contributed by atoms with E-state index in [0.717, 1.165) is 37.5 Å². The molecule has 0 atom stereocenters. The first-order chi connectivity index (χ1) is 12.9. The number of rotatable bonds is 7. The van der Waals surface area contributed by atoms with Gasteiger partial charge >= 0.3 is 6.09 Å². The topological polar surface area (TPSA) is 82.1 Å². The molecule has 0 unspecified atom stereocenters. The number of benzene rings is 1. The van der Waals surface area contributed by atoms with Crippen molar-refractivity contribution in [2.24, 2.45) is 5.41 Å². The number of carbonyl (C=O) groups is 1. The van der Waals surface area contributed by atoms with Crippen molar-refractivity contribution in [1.29, 1.82) is 0 Å². The summed E-state index contributed by atoms with van der Waals surface area (Å²) in [7, 11) is -3.40. The predicted octanol–water partition coefficient (Wildman–Crippen LogP) is 2.56. The van der Waals surface area contributed by atoms with Gasteiger partial charge in [0.2, 0.25) is 0 Å². The van der Waals surface area contributed by atoms with E-state index >= 15 is 0 Å². The van der Waals surface area contributed by atoms with Crippen molar-refractivity contribution in [3.05, 3.63) is 35.9 Å². The van der Waals surface area contributed by atoms with Gasteiger partial charge in [-0.3, -0.25) is 4.18 Å². The highest BCUT2D eigenvalue weighted by atomic mass is 32.2. The summed E-state index contributed by atoms with van der Waals surface area (Å²) < 4.78 is 37.5. The molecule has 7 nitrogen and oxygen atoms in total. The highest BCUT2D eigenvalue weighted by Crippen LogP contribution is 2.50. The quantitative estimate of drug-likeness (QED) is 0.519. The fraction of sp³-hybridized carbons (Fsp3) is 0.632. The molecule has 0 aromatic heterocycles. The van der Waals surface area contributed by atoms with Gasteiger partial charge in [0, 0.05) is 13.1 Å². The normalized spacial score (nSPS) is 19.7. The van der Waals surface area contributed by atoms with Crippen molar-refractivity contribution in [1.82, 2.24) is 4.90 Å². The molecular formula is C19H27NO6S. The van der Waals surface area contributed by atoms with E-state index in [0.29, 0.717) is 19.7 Å². The third-order valence-electron chi connectivity index (χ3n) is 5.34. The molecule has 1 aromatic rings. The van der Waals surface area contributed by atoms with Crippen molar-refractivity contribution < 1.29 is 26.9 Å². The van der Waals surface area contributed by atoms with Gasteiger partial charge in [-0.1, -0.05) is 30.3 Å². The maximum absolute atomic E-state index is 12.2. The molecule has 3 rings (SSSR count). The zero-order valence-corrected chi connectivity index (χ0v) is 16.4. The minimum Gasteiger partial charge on any atom is -0.445 e. The summed E-state index contributed by atoms with van der Waals surface area (Å²) in [5.74, 6) is 0. The molecule has 27 heavy (non-hydrogen) atoms. The van der Waals surface area contributed by atoms with E-state index in [9.17, 15) is 13.2 Å². The molecule has 150 valence electrons. The first kappa shape index (κ1) is 20.1. The fourth-order valence-corrected chi connectivity index (χ4v) is 4.18. The summed E-state index contributed by atoms with van der Waals surface area (Å²) in [6, 6.07) is 9.66. The number of piperidine rings is 1. The van der Waals surface area contributed by atoms with E-state index in [1.807, 2.05) is 30.3 Å². The lowest BCUT2D eigenvalue weighted by molar-refractivity contribution is -0.106. The molecule has 2 aliphatic rings. The minimum atomic E-state index is -3.40. The molecule has 1 aromatic carbocycles. The van der Waals surface area contributed by atoms with Gasteiger partial charge in [0.1, 0.15) is 6.61 Å². The van der Waals surface area contributed by atoms with Crippen LogP contribution in [0.4, 0.5) is 4.79 Å². The van der Waals surface area contributed by atoms with Crippen molar-refractivity contribution >= 4 is 16.2 Å². The SMILES string of the molecule is CS(=O)(=O)OCCOC1CC2(CCN(C(=O)OCc3ccccc3)CC2)C1. The molecule has 1 saturated heterocycles. The summed E-state index contributed by atoms with van der Waals surface area (Å²) >= 11 is 0. The maximum atomic E-state index is 12.2. The van der Waals surface area contributed by atoms with Crippen molar-refractivity contribution in [3.63, 3.8) is 0 Å². The van der Waals surface area contributed by atoms with Crippen LogP contribution < -0.4 is 0 Å². The lowest BCUT2D eigenvalue weighted by Crippen LogP contribution is -2.51. The number of nitrogens with zero attached hydrogens (tertiary/aromatic N) is 1. The summed E-state index contributed by atoms with van der Waals surface area (Å²) in [6.07, 6.45) is 4.76. The van der Waals surface area contributed by atoms with Crippen LogP contribution in [0.1, 0.15) is 31.2 Å². The number of amides is 1. The molecule has 1 amide bonds. The Labute approximate surface area is 160 Å². The Morgan fingerprint density at radius 1 is 1.15 bits per heavy atom. The van der Waals surface area contributed by atoms with Crippen LogP contribution in [0.2, 0.25) is 0 Å². The Morgan fingerprint density at radius 3 is 2.44 bits per heavy atom. The molecular weight excluding hydrogens is 370 g/mol. The van der Waals surface area contributed by atoms with E-state index < -0.39 is 10.1 Å². The van der Waals surface area contributed by atoms with Crippen LogP contribution in [0, 0.1) is 5.41 Å². The number of ether oxygens (including phenoxy) is 2. The van der Waals surface area contributed by atoms with Crippen LogP contribution in [-0.4, -0.2) is 58.1 Å². The predicted molar refractivity (Wildman–Crippen MR) is 99.6 cm³/mol. The number of likely N-dealkylation sites (tertiary alicyclic amines) is 1. The second kappa shape index (κ2) is 8.58. The fourth-order valence-electron chi connectivity index (χ4n) is 3.81. The zero-order valence-electron chi connectivity index (χ0n) is 15.6. The summed E-state index contributed by atoms with van der Waals surface area (Å²) in [4.78, 5) is 14.0. The summed E-state index contributed by atoms with van der Waals surface area (Å²) in [5.41, 5.74) is 1.23. The van der Waals surface area contributed by atoms with E-state index in [1.54, 1.807) is 4.90 Å². The Morgan fingerprint density at radius 2 is 1.81 bits per heavy atom. The molecule has 0 N–H and O–H groups in total. The monoisotopic (exact) mass is 397 g/mol. The Balaban J connectivity index is 1.32. The zero-order chi connectivity index (χ0) is 19.3. The number of carbonyl (C=O) groups excluding carboxylic acids is 1. The van der Waals surface area contributed by atoms with Crippen LogP contribution in [0.15, 0.2) is 30.3 Å². The van der Waals surface area contributed by atoms with Crippen molar-refractivity contribution in [3.8, 4) is 0 Å². The van der Waals surface area contributed by atoms with Gasteiger partial charge < -0.3 is 14.4 Å². The van der Waals surface area contributed by atoms with Crippen LogP contribution in [0.3, 0.4) is 0 Å². The van der Waals surface area contributed by atoms with Crippen LogP contribution >= 0.6 is 0 Å². The largest absolute Gasteiger partial charge is 0.445 e. The van der Waals surface area contributed by atoms with Crippen molar-refractivity contribution in [2.45, 2.75) is 38.4 Å². The molecule has 1 heterocycles. The van der Waals surface area contributed by atoms with E-state index in [-0.39, 0.29) is 30.8 Å². The lowest BCUT2D eigenvalue weighted by atomic mass is 9.61. The first-order valence-corrected chi connectivity index (χ1v) is 11.1. The Hall–Kier alpha value is -1.64. The molecule has 1 aliphatic carbocycles.